The number of thiazole rings is 1. The first-order valence-corrected chi connectivity index (χ1v) is 6.87. The summed E-state index contributed by atoms with van der Waals surface area (Å²) in [4.78, 5) is 19.1. The van der Waals surface area contributed by atoms with Crippen LogP contribution in [0, 0.1) is 0 Å². The molecule has 100 valence electrons. The van der Waals surface area contributed by atoms with E-state index in [0.29, 0.717) is 12.2 Å². The molecule has 2 N–H and O–H groups in total. The number of carboxylic acids is 1. The molecule has 6 heteroatoms. The van der Waals surface area contributed by atoms with E-state index in [-0.39, 0.29) is 5.69 Å². The van der Waals surface area contributed by atoms with Crippen LogP contribution in [0.15, 0.2) is 41.9 Å². The van der Waals surface area contributed by atoms with Crippen LogP contribution in [0.3, 0.4) is 0 Å². The number of hydrogen-bond donors (Lipinski definition) is 2. The maximum atomic E-state index is 10.9. The first-order chi connectivity index (χ1) is 9.72. The van der Waals surface area contributed by atoms with Gasteiger partial charge in [0, 0.05) is 5.69 Å². The molecule has 3 rings (SSSR count). The van der Waals surface area contributed by atoms with Crippen molar-refractivity contribution in [3.8, 4) is 0 Å². The molecule has 1 aromatic carbocycles. The van der Waals surface area contributed by atoms with Gasteiger partial charge in [0.05, 0.1) is 28.0 Å². The second-order valence-electron chi connectivity index (χ2n) is 4.21. The van der Waals surface area contributed by atoms with E-state index < -0.39 is 5.97 Å². The predicted octanol–water partition coefficient (Wildman–Crippen LogP) is 3.00. The molecule has 0 bridgehead atoms. The number of anilines is 1. The zero-order valence-corrected chi connectivity index (χ0v) is 11.2. The van der Waals surface area contributed by atoms with Crippen molar-refractivity contribution in [3.63, 3.8) is 0 Å². The molecule has 0 atom stereocenters. The van der Waals surface area contributed by atoms with Gasteiger partial charge in [-0.3, -0.25) is 0 Å². The molecule has 0 spiro atoms. The van der Waals surface area contributed by atoms with Crippen molar-refractivity contribution in [2.24, 2.45) is 0 Å². The van der Waals surface area contributed by atoms with E-state index in [9.17, 15) is 4.79 Å². The van der Waals surface area contributed by atoms with E-state index in [0.717, 1.165) is 15.9 Å². The maximum absolute atomic E-state index is 10.9. The quantitative estimate of drug-likeness (QED) is 0.770. The van der Waals surface area contributed by atoms with Gasteiger partial charge in [-0.05, 0) is 30.3 Å². The van der Waals surface area contributed by atoms with E-state index in [2.05, 4.69) is 15.3 Å². The number of fused-ring (bicyclic) bond motifs is 1. The average Bonchev–Trinajstić information content (AvgIpc) is 2.93. The highest BCUT2D eigenvalue weighted by molar-refractivity contribution is 7.16. The fourth-order valence-electron chi connectivity index (χ4n) is 1.85. The number of carbonyl (C=O) groups is 1. The highest BCUT2D eigenvalue weighted by Gasteiger charge is 2.05. The second kappa shape index (κ2) is 5.26. The molecule has 0 fully saturated rings. The minimum Gasteiger partial charge on any atom is -0.477 e. The third kappa shape index (κ3) is 2.60. The smallest absolute Gasteiger partial charge is 0.354 e. The van der Waals surface area contributed by atoms with Gasteiger partial charge in [0.2, 0.25) is 0 Å². The van der Waals surface area contributed by atoms with Crippen molar-refractivity contribution in [2.75, 3.05) is 5.32 Å². The van der Waals surface area contributed by atoms with Crippen LogP contribution in [-0.4, -0.2) is 21.0 Å². The third-order valence-corrected chi connectivity index (χ3v) is 3.62. The Balaban J connectivity index is 1.75. The number of hydrogen-bond acceptors (Lipinski definition) is 5. The molecule has 0 aliphatic carbocycles. The standard InChI is InChI=1S/C14H11N3O2S/c18-14(19)12-3-1-2-10(17-12)7-15-9-4-5-11-13(6-9)20-8-16-11/h1-6,8,15H,7H2,(H,18,19). The number of benzene rings is 1. The van der Waals surface area contributed by atoms with Crippen LogP contribution in [0.1, 0.15) is 16.2 Å². The largest absolute Gasteiger partial charge is 0.477 e. The number of rotatable bonds is 4. The molecule has 2 aromatic heterocycles. The van der Waals surface area contributed by atoms with Gasteiger partial charge in [0.25, 0.3) is 0 Å². The van der Waals surface area contributed by atoms with Gasteiger partial charge in [0.15, 0.2) is 0 Å². The molecule has 0 aliphatic heterocycles. The van der Waals surface area contributed by atoms with Gasteiger partial charge in [-0.2, -0.15) is 0 Å². The summed E-state index contributed by atoms with van der Waals surface area (Å²) in [5.74, 6) is -1.02. The van der Waals surface area contributed by atoms with Gasteiger partial charge in [-0.1, -0.05) is 6.07 Å². The summed E-state index contributed by atoms with van der Waals surface area (Å²) in [6.07, 6.45) is 0. The highest BCUT2D eigenvalue weighted by Crippen LogP contribution is 2.22. The van der Waals surface area contributed by atoms with Crippen LogP contribution in [-0.2, 0) is 6.54 Å². The van der Waals surface area contributed by atoms with Crippen LogP contribution >= 0.6 is 11.3 Å². The van der Waals surface area contributed by atoms with Gasteiger partial charge in [-0.25, -0.2) is 14.8 Å². The minimum atomic E-state index is -1.02. The number of aromatic nitrogens is 2. The SMILES string of the molecule is O=C(O)c1cccc(CNc2ccc3ncsc3c2)n1. The van der Waals surface area contributed by atoms with Crippen molar-refractivity contribution < 1.29 is 9.90 Å². The molecular formula is C14H11N3O2S. The lowest BCUT2D eigenvalue weighted by molar-refractivity contribution is 0.0690. The lowest BCUT2D eigenvalue weighted by atomic mass is 10.2. The Morgan fingerprint density at radius 3 is 3.05 bits per heavy atom. The lowest BCUT2D eigenvalue weighted by Gasteiger charge is -2.06. The summed E-state index contributed by atoms with van der Waals surface area (Å²) >= 11 is 1.59. The average molecular weight is 285 g/mol. The number of nitrogens with one attached hydrogen (secondary N) is 1. The predicted molar refractivity (Wildman–Crippen MR) is 78.1 cm³/mol. The summed E-state index contributed by atoms with van der Waals surface area (Å²) in [6, 6.07) is 10.9. The summed E-state index contributed by atoms with van der Waals surface area (Å²) in [5, 5.41) is 12.1. The van der Waals surface area contributed by atoms with Gasteiger partial charge in [0.1, 0.15) is 5.69 Å². The monoisotopic (exact) mass is 285 g/mol. The molecule has 0 amide bonds. The second-order valence-corrected chi connectivity index (χ2v) is 5.09. The zero-order chi connectivity index (χ0) is 13.9. The minimum absolute atomic E-state index is 0.0576. The molecule has 0 radical (unpaired) electrons. The van der Waals surface area contributed by atoms with E-state index in [1.807, 2.05) is 23.7 Å². The zero-order valence-electron chi connectivity index (χ0n) is 10.4. The van der Waals surface area contributed by atoms with Gasteiger partial charge < -0.3 is 10.4 Å². The van der Waals surface area contributed by atoms with E-state index in [1.165, 1.54) is 6.07 Å². The van der Waals surface area contributed by atoms with Crippen LogP contribution in [0.25, 0.3) is 10.2 Å². The fraction of sp³-hybridized carbons (Fsp3) is 0.0714. The van der Waals surface area contributed by atoms with Crippen LogP contribution in [0.2, 0.25) is 0 Å². The summed E-state index contributed by atoms with van der Waals surface area (Å²) in [7, 11) is 0. The van der Waals surface area contributed by atoms with E-state index >= 15 is 0 Å². The Kier molecular flexibility index (Phi) is 3.30. The first kappa shape index (κ1) is 12.6. The Bertz CT molecular complexity index is 770. The van der Waals surface area contributed by atoms with E-state index in [1.54, 1.807) is 23.5 Å². The van der Waals surface area contributed by atoms with Crippen LogP contribution in [0.5, 0.6) is 0 Å². The number of aromatic carboxylic acids is 1. The molecule has 5 nitrogen and oxygen atoms in total. The summed E-state index contributed by atoms with van der Waals surface area (Å²) < 4.78 is 1.11. The number of carboxylic acid groups (broad SMARTS) is 1. The lowest BCUT2D eigenvalue weighted by Crippen LogP contribution is -2.06. The fourth-order valence-corrected chi connectivity index (χ4v) is 2.57. The van der Waals surface area contributed by atoms with Crippen LogP contribution < -0.4 is 5.32 Å². The molecular weight excluding hydrogens is 274 g/mol. The summed E-state index contributed by atoms with van der Waals surface area (Å²) in [6.45, 7) is 0.478. The number of pyridine rings is 1. The van der Waals surface area contributed by atoms with Crippen molar-refractivity contribution in [1.29, 1.82) is 0 Å². The normalized spacial score (nSPS) is 10.6. The molecule has 2 heterocycles. The molecule has 0 saturated carbocycles. The summed E-state index contributed by atoms with van der Waals surface area (Å²) in [5.41, 5.74) is 4.50. The Hall–Kier alpha value is -2.47. The molecule has 0 aliphatic rings. The molecule has 20 heavy (non-hydrogen) atoms. The van der Waals surface area contributed by atoms with Crippen molar-refractivity contribution in [2.45, 2.75) is 6.54 Å². The Morgan fingerprint density at radius 2 is 2.20 bits per heavy atom. The molecule has 0 unspecified atom stereocenters. The number of nitrogens with zero attached hydrogens (tertiary/aromatic N) is 2. The van der Waals surface area contributed by atoms with Gasteiger partial charge in [-0.15, -0.1) is 11.3 Å². The topological polar surface area (TPSA) is 75.1 Å². The highest BCUT2D eigenvalue weighted by atomic mass is 32.1. The Labute approximate surface area is 118 Å². The van der Waals surface area contributed by atoms with Crippen molar-refractivity contribution in [3.05, 3.63) is 53.3 Å². The molecule has 3 aromatic rings. The third-order valence-electron chi connectivity index (χ3n) is 2.83. The van der Waals surface area contributed by atoms with E-state index in [4.69, 9.17) is 5.11 Å². The van der Waals surface area contributed by atoms with Crippen molar-refractivity contribution >= 4 is 33.2 Å². The van der Waals surface area contributed by atoms with Crippen LogP contribution in [0.4, 0.5) is 5.69 Å². The first-order valence-electron chi connectivity index (χ1n) is 5.99. The van der Waals surface area contributed by atoms with Gasteiger partial charge >= 0.3 is 5.97 Å². The Morgan fingerprint density at radius 1 is 1.30 bits per heavy atom. The molecule has 0 saturated heterocycles. The van der Waals surface area contributed by atoms with Crippen molar-refractivity contribution in [1.82, 2.24) is 9.97 Å². The maximum Gasteiger partial charge on any atom is 0.354 e.